The SMILES string of the molecule is CN(C(=O)OC(C)(C)C)C1CCN(C(=O)c2ccc(B3OC(C)(C)C(C)(C)O3)c(Cl)c2)CC1. The zero-order valence-corrected chi connectivity index (χ0v) is 21.8. The Morgan fingerprint density at radius 2 is 1.67 bits per heavy atom. The van der Waals surface area contributed by atoms with E-state index < -0.39 is 23.9 Å². The van der Waals surface area contributed by atoms with Crippen LogP contribution in [-0.2, 0) is 14.0 Å². The van der Waals surface area contributed by atoms with E-state index in [1.807, 2.05) is 48.5 Å². The number of carbonyl (C=O) groups excluding carboxylic acids is 2. The molecule has 0 saturated carbocycles. The number of piperidine rings is 1. The van der Waals surface area contributed by atoms with Crippen LogP contribution in [-0.4, -0.2) is 71.9 Å². The van der Waals surface area contributed by atoms with E-state index >= 15 is 0 Å². The Morgan fingerprint density at radius 1 is 1.12 bits per heavy atom. The highest BCUT2D eigenvalue weighted by atomic mass is 35.5. The molecule has 0 radical (unpaired) electrons. The van der Waals surface area contributed by atoms with Crippen LogP contribution in [0.25, 0.3) is 0 Å². The van der Waals surface area contributed by atoms with E-state index in [1.165, 1.54) is 0 Å². The molecule has 1 aromatic rings. The Morgan fingerprint density at radius 3 is 2.15 bits per heavy atom. The Hall–Kier alpha value is -1.77. The minimum absolute atomic E-state index is 0.0400. The molecule has 0 spiro atoms. The smallest absolute Gasteiger partial charge is 0.444 e. The van der Waals surface area contributed by atoms with Gasteiger partial charge in [-0.05, 0) is 73.4 Å². The first-order valence-corrected chi connectivity index (χ1v) is 11.9. The first-order valence-electron chi connectivity index (χ1n) is 11.5. The van der Waals surface area contributed by atoms with E-state index in [4.69, 9.17) is 25.6 Å². The predicted molar refractivity (Wildman–Crippen MR) is 130 cm³/mol. The summed E-state index contributed by atoms with van der Waals surface area (Å²) in [7, 11) is 1.18. The summed E-state index contributed by atoms with van der Waals surface area (Å²) in [5.41, 5.74) is -0.227. The van der Waals surface area contributed by atoms with Crippen LogP contribution < -0.4 is 5.46 Å². The van der Waals surface area contributed by atoms with Gasteiger partial charge in [-0.3, -0.25) is 4.79 Å². The van der Waals surface area contributed by atoms with Crippen molar-refractivity contribution in [2.24, 2.45) is 0 Å². The highest BCUT2D eigenvalue weighted by molar-refractivity contribution is 6.65. The molecule has 0 aliphatic carbocycles. The maximum atomic E-state index is 13.1. The second-order valence-corrected chi connectivity index (χ2v) is 11.3. The average Bonchev–Trinajstić information content (AvgIpc) is 2.92. The number of hydrogen-bond donors (Lipinski definition) is 0. The molecule has 0 unspecified atom stereocenters. The van der Waals surface area contributed by atoms with E-state index in [9.17, 15) is 9.59 Å². The van der Waals surface area contributed by atoms with Gasteiger partial charge in [0.2, 0.25) is 0 Å². The normalized spacial score (nSPS) is 20.6. The lowest BCUT2D eigenvalue weighted by atomic mass is 9.78. The van der Waals surface area contributed by atoms with Crippen LogP contribution in [0.1, 0.15) is 71.7 Å². The number of halogens is 1. The van der Waals surface area contributed by atoms with Crippen molar-refractivity contribution in [3.05, 3.63) is 28.8 Å². The van der Waals surface area contributed by atoms with Gasteiger partial charge in [0.25, 0.3) is 5.91 Å². The molecule has 2 saturated heterocycles. The molecule has 3 rings (SSSR count). The molecule has 0 atom stereocenters. The van der Waals surface area contributed by atoms with Crippen LogP contribution in [0.15, 0.2) is 18.2 Å². The largest absolute Gasteiger partial charge is 0.496 e. The molecular weight excluding hydrogens is 443 g/mol. The fraction of sp³-hybridized carbons (Fsp3) is 0.667. The van der Waals surface area contributed by atoms with Gasteiger partial charge in [0, 0.05) is 42.2 Å². The standard InChI is InChI=1S/C24H36BClN2O5/c1-22(2,3)31-21(30)27(8)17-11-13-28(14-12-17)20(29)16-9-10-18(19(26)15-16)25-32-23(4,5)24(6,7)33-25/h9-10,15,17H,11-14H2,1-8H3. The third-order valence-electron chi connectivity index (χ3n) is 6.74. The number of amides is 2. The lowest BCUT2D eigenvalue weighted by Gasteiger charge is -2.37. The van der Waals surface area contributed by atoms with Crippen molar-refractivity contribution in [1.29, 1.82) is 0 Å². The van der Waals surface area contributed by atoms with Gasteiger partial charge in [-0.15, -0.1) is 0 Å². The van der Waals surface area contributed by atoms with Crippen LogP contribution in [0.2, 0.25) is 5.02 Å². The molecule has 2 fully saturated rings. The molecule has 0 aromatic heterocycles. The van der Waals surface area contributed by atoms with Gasteiger partial charge in [-0.25, -0.2) is 4.79 Å². The number of likely N-dealkylation sites (tertiary alicyclic amines) is 1. The molecule has 7 nitrogen and oxygen atoms in total. The van der Waals surface area contributed by atoms with E-state index in [0.717, 1.165) is 0 Å². The van der Waals surface area contributed by atoms with Crippen molar-refractivity contribution in [2.75, 3.05) is 20.1 Å². The number of nitrogens with zero attached hydrogens (tertiary/aromatic N) is 2. The van der Waals surface area contributed by atoms with Gasteiger partial charge >= 0.3 is 13.2 Å². The topological polar surface area (TPSA) is 68.3 Å². The predicted octanol–water partition coefficient (Wildman–Crippen LogP) is 4.11. The quantitative estimate of drug-likeness (QED) is 0.612. The molecule has 9 heteroatoms. The molecule has 2 heterocycles. The van der Waals surface area contributed by atoms with Crippen molar-refractivity contribution in [2.45, 2.75) is 84.2 Å². The first kappa shape index (κ1) is 25.9. The van der Waals surface area contributed by atoms with Gasteiger partial charge < -0.3 is 23.8 Å². The highest BCUT2D eigenvalue weighted by Gasteiger charge is 2.52. The summed E-state index contributed by atoms with van der Waals surface area (Å²) in [5, 5.41) is 0.443. The summed E-state index contributed by atoms with van der Waals surface area (Å²) in [6.45, 7) is 14.6. The van der Waals surface area contributed by atoms with Crippen LogP contribution in [0.4, 0.5) is 4.79 Å². The van der Waals surface area contributed by atoms with Crippen LogP contribution in [0.5, 0.6) is 0 Å². The Balaban J connectivity index is 1.61. The van der Waals surface area contributed by atoms with E-state index in [-0.39, 0.29) is 18.0 Å². The van der Waals surface area contributed by atoms with Crippen LogP contribution in [0.3, 0.4) is 0 Å². The molecule has 0 N–H and O–H groups in total. The molecule has 2 aliphatic rings. The second-order valence-electron chi connectivity index (χ2n) is 10.9. The van der Waals surface area contributed by atoms with Gasteiger partial charge in [0.05, 0.1) is 11.2 Å². The number of carbonyl (C=O) groups is 2. The second kappa shape index (κ2) is 9.12. The van der Waals surface area contributed by atoms with Crippen LogP contribution in [0, 0.1) is 0 Å². The number of rotatable bonds is 3. The fourth-order valence-electron chi connectivity index (χ4n) is 3.94. The minimum Gasteiger partial charge on any atom is -0.444 e. The Kier molecular flexibility index (Phi) is 7.14. The highest BCUT2D eigenvalue weighted by Crippen LogP contribution is 2.37. The average molecular weight is 479 g/mol. The number of hydrogen-bond acceptors (Lipinski definition) is 5. The van der Waals surface area contributed by atoms with Crippen molar-refractivity contribution >= 4 is 36.2 Å². The maximum absolute atomic E-state index is 13.1. The van der Waals surface area contributed by atoms with Crippen LogP contribution >= 0.6 is 11.6 Å². The summed E-state index contributed by atoms with van der Waals surface area (Å²) >= 11 is 6.54. The number of benzene rings is 1. The molecule has 33 heavy (non-hydrogen) atoms. The Bertz CT molecular complexity index is 891. The number of ether oxygens (including phenoxy) is 1. The van der Waals surface area contributed by atoms with E-state index in [2.05, 4.69) is 0 Å². The van der Waals surface area contributed by atoms with Gasteiger partial charge in [0.1, 0.15) is 5.60 Å². The summed E-state index contributed by atoms with van der Waals surface area (Å²) < 4.78 is 17.6. The molecule has 2 aliphatic heterocycles. The van der Waals surface area contributed by atoms with Crippen molar-refractivity contribution in [3.63, 3.8) is 0 Å². The van der Waals surface area contributed by atoms with Gasteiger partial charge in [-0.2, -0.15) is 0 Å². The van der Waals surface area contributed by atoms with Gasteiger partial charge in [-0.1, -0.05) is 17.7 Å². The molecular formula is C24H36BClN2O5. The molecule has 1 aromatic carbocycles. The third-order valence-corrected chi connectivity index (χ3v) is 7.06. The maximum Gasteiger partial charge on any atom is 0.496 e. The third kappa shape index (κ3) is 5.66. The van der Waals surface area contributed by atoms with Crippen molar-refractivity contribution < 1.29 is 23.6 Å². The summed E-state index contributed by atoms with van der Waals surface area (Å²) in [6, 6.07) is 5.30. The minimum atomic E-state index is -0.578. The lowest BCUT2D eigenvalue weighted by molar-refractivity contribution is 0.00578. The fourth-order valence-corrected chi connectivity index (χ4v) is 4.21. The summed E-state index contributed by atoms with van der Waals surface area (Å²) in [6.07, 6.45) is 1.06. The molecule has 182 valence electrons. The van der Waals surface area contributed by atoms with Crippen molar-refractivity contribution in [3.8, 4) is 0 Å². The Labute approximate surface area is 202 Å². The van der Waals surface area contributed by atoms with Gasteiger partial charge in [0.15, 0.2) is 0 Å². The molecule has 0 bridgehead atoms. The van der Waals surface area contributed by atoms with E-state index in [1.54, 1.807) is 35.0 Å². The lowest BCUT2D eigenvalue weighted by Crippen LogP contribution is -2.48. The molecule has 2 amide bonds. The van der Waals surface area contributed by atoms with E-state index in [0.29, 0.717) is 42.0 Å². The summed E-state index contributed by atoms with van der Waals surface area (Å²) in [4.78, 5) is 28.9. The zero-order chi connectivity index (χ0) is 24.8. The monoisotopic (exact) mass is 478 g/mol. The van der Waals surface area contributed by atoms with Crippen molar-refractivity contribution in [1.82, 2.24) is 9.80 Å². The zero-order valence-electron chi connectivity index (χ0n) is 21.0. The summed E-state index contributed by atoms with van der Waals surface area (Å²) in [5.74, 6) is -0.0734. The first-order chi connectivity index (χ1) is 15.1.